The number of halogens is 2. The van der Waals surface area contributed by atoms with Crippen molar-refractivity contribution in [1.29, 1.82) is 0 Å². The van der Waals surface area contributed by atoms with Gasteiger partial charge in [0, 0.05) is 30.2 Å². The van der Waals surface area contributed by atoms with Crippen molar-refractivity contribution in [3.8, 4) is 11.5 Å². The van der Waals surface area contributed by atoms with Crippen LogP contribution in [0.2, 0.25) is 5.02 Å². The van der Waals surface area contributed by atoms with Gasteiger partial charge in [-0.2, -0.15) is 0 Å². The maximum absolute atomic E-state index is 6.45. The second-order valence-corrected chi connectivity index (χ2v) is 8.47. The van der Waals surface area contributed by atoms with Crippen LogP contribution in [0.5, 0.6) is 11.5 Å². The van der Waals surface area contributed by atoms with Gasteiger partial charge in [0.1, 0.15) is 11.5 Å². The molecule has 0 aliphatic heterocycles. The molecule has 0 spiro atoms. The van der Waals surface area contributed by atoms with Gasteiger partial charge in [-0.25, -0.2) is 4.98 Å². The fourth-order valence-electron chi connectivity index (χ4n) is 3.23. The molecule has 0 fully saturated rings. The summed E-state index contributed by atoms with van der Waals surface area (Å²) < 4.78 is 13.6. The lowest BCUT2D eigenvalue weighted by atomic mass is 9.78. The Morgan fingerprint density at radius 3 is 2.37 bits per heavy atom. The van der Waals surface area contributed by atoms with Crippen molar-refractivity contribution < 1.29 is 9.47 Å². The summed E-state index contributed by atoms with van der Waals surface area (Å²) in [6, 6.07) is 14.3. The van der Waals surface area contributed by atoms with Crippen molar-refractivity contribution in [2.45, 2.75) is 38.6 Å². The number of rotatable bonds is 11. The van der Waals surface area contributed by atoms with E-state index in [1.165, 1.54) is 5.56 Å². The van der Waals surface area contributed by atoms with Gasteiger partial charge in [0.2, 0.25) is 0 Å². The molecule has 0 aliphatic rings. The van der Waals surface area contributed by atoms with Crippen molar-refractivity contribution in [3.05, 3.63) is 77.3 Å². The second-order valence-electron chi connectivity index (χ2n) is 7.69. The number of hydrogen-bond donors (Lipinski definition) is 0. The van der Waals surface area contributed by atoms with E-state index < -0.39 is 0 Å². The predicted molar refractivity (Wildman–Crippen MR) is 123 cm³/mol. The normalized spacial score (nSPS) is 11.5. The molecule has 4 nitrogen and oxygen atoms in total. The zero-order valence-corrected chi connectivity index (χ0v) is 19.0. The van der Waals surface area contributed by atoms with Crippen LogP contribution in [0.1, 0.15) is 37.8 Å². The Bertz CT molecular complexity index is 909. The maximum Gasteiger partial charge on any atom is 0.137 e. The highest BCUT2D eigenvalue weighted by Crippen LogP contribution is 2.36. The van der Waals surface area contributed by atoms with Crippen LogP contribution in [0.4, 0.5) is 0 Å². The Morgan fingerprint density at radius 2 is 1.70 bits per heavy atom. The molecule has 0 amide bonds. The molecule has 1 heterocycles. The molecule has 0 atom stereocenters. The summed E-state index contributed by atoms with van der Waals surface area (Å²) in [6.07, 6.45) is 7.30. The van der Waals surface area contributed by atoms with Crippen LogP contribution in [-0.4, -0.2) is 28.6 Å². The third-order valence-corrected chi connectivity index (χ3v) is 5.72. The van der Waals surface area contributed by atoms with E-state index in [-0.39, 0.29) is 5.41 Å². The predicted octanol–water partition coefficient (Wildman–Crippen LogP) is 6.34. The summed E-state index contributed by atoms with van der Waals surface area (Å²) in [6.45, 7) is 6.51. The first-order valence-corrected chi connectivity index (χ1v) is 11.1. The van der Waals surface area contributed by atoms with Crippen LogP contribution in [-0.2, 0) is 12.0 Å². The number of hydrogen-bond acceptors (Lipinski definition) is 3. The lowest BCUT2D eigenvalue weighted by Crippen LogP contribution is -2.19. The zero-order valence-electron chi connectivity index (χ0n) is 17.5. The standard InChI is InChI=1S/C24H28Cl2N2O2/c1-24(2,20-7-10-23(22(26)17-20)30-15-3-11-25)19-5-8-21(9-6-19)29-16-4-13-28-14-12-27-18-28/h5-10,12,14,17-18H,3-4,11,13,15-16H2,1-2H3. The molecular weight excluding hydrogens is 419 g/mol. The van der Waals surface area contributed by atoms with Crippen molar-refractivity contribution in [3.63, 3.8) is 0 Å². The highest BCUT2D eigenvalue weighted by molar-refractivity contribution is 6.32. The van der Waals surface area contributed by atoms with Gasteiger partial charge in [0.25, 0.3) is 0 Å². The summed E-state index contributed by atoms with van der Waals surface area (Å²) in [7, 11) is 0. The summed E-state index contributed by atoms with van der Waals surface area (Å²) in [5, 5.41) is 0.619. The summed E-state index contributed by atoms with van der Waals surface area (Å²) in [5.41, 5.74) is 2.13. The van der Waals surface area contributed by atoms with Gasteiger partial charge in [-0.1, -0.05) is 43.6 Å². The number of aromatic nitrogens is 2. The molecule has 30 heavy (non-hydrogen) atoms. The minimum atomic E-state index is -0.196. The number of imidazole rings is 1. The van der Waals surface area contributed by atoms with Crippen molar-refractivity contribution in [2.24, 2.45) is 0 Å². The van der Waals surface area contributed by atoms with Gasteiger partial charge >= 0.3 is 0 Å². The molecule has 2 aromatic carbocycles. The van der Waals surface area contributed by atoms with Gasteiger partial charge in [0.05, 0.1) is 24.6 Å². The average molecular weight is 447 g/mol. The molecule has 0 unspecified atom stereocenters. The first kappa shape index (κ1) is 22.5. The summed E-state index contributed by atoms with van der Waals surface area (Å²) in [4.78, 5) is 4.05. The molecule has 3 aromatic rings. The van der Waals surface area contributed by atoms with Crippen LogP contribution in [0.3, 0.4) is 0 Å². The summed E-state index contributed by atoms with van der Waals surface area (Å²) >= 11 is 12.2. The highest BCUT2D eigenvalue weighted by Gasteiger charge is 2.24. The van der Waals surface area contributed by atoms with E-state index in [2.05, 4.69) is 37.0 Å². The minimum absolute atomic E-state index is 0.196. The Kier molecular flexibility index (Phi) is 8.06. The van der Waals surface area contributed by atoms with E-state index in [1.54, 1.807) is 6.20 Å². The Balaban J connectivity index is 1.59. The molecule has 3 rings (SSSR count). The molecule has 0 saturated heterocycles. The fraction of sp³-hybridized carbons (Fsp3) is 0.375. The van der Waals surface area contributed by atoms with Gasteiger partial charge in [-0.15, -0.1) is 11.6 Å². The molecule has 0 bridgehead atoms. The van der Waals surface area contributed by atoms with Gasteiger partial charge in [0.15, 0.2) is 0 Å². The smallest absolute Gasteiger partial charge is 0.137 e. The molecular formula is C24H28Cl2N2O2. The Labute approximate surface area is 188 Å². The van der Waals surface area contributed by atoms with E-state index >= 15 is 0 Å². The number of alkyl halides is 1. The SMILES string of the molecule is CC(C)(c1ccc(OCCCn2ccnc2)cc1)c1ccc(OCCCCl)c(Cl)c1. The molecule has 0 radical (unpaired) electrons. The fourth-order valence-corrected chi connectivity index (χ4v) is 3.58. The van der Waals surface area contributed by atoms with Crippen LogP contribution in [0, 0.1) is 0 Å². The molecule has 0 N–H and O–H groups in total. The first-order chi connectivity index (χ1) is 14.5. The second kappa shape index (κ2) is 10.7. The molecule has 0 aliphatic carbocycles. The number of benzene rings is 2. The molecule has 160 valence electrons. The maximum atomic E-state index is 6.45. The highest BCUT2D eigenvalue weighted by atomic mass is 35.5. The van der Waals surface area contributed by atoms with Gasteiger partial charge < -0.3 is 14.0 Å². The van der Waals surface area contributed by atoms with Crippen molar-refractivity contribution in [1.82, 2.24) is 9.55 Å². The monoisotopic (exact) mass is 446 g/mol. The van der Waals surface area contributed by atoms with E-state index in [4.69, 9.17) is 32.7 Å². The lowest BCUT2D eigenvalue weighted by molar-refractivity contribution is 0.301. The van der Waals surface area contributed by atoms with Crippen LogP contribution < -0.4 is 9.47 Å². The van der Waals surface area contributed by atoms with Gasteiger partial charge in [-0.3, -0.25) is 0 Å². The number of aryl methyl sites for hydroxylation is 1. The third-order valence-electron chi connectivity index (χ3n) is 5.15. The Morgan fingerprint density at radius 1 is 0.967 bits per heavy atom. The van der Waals surface area contributed by atoms with E-state index in [0.29, 0.717) is 29.9 Å². The van der Waals surface area contributed by atoms with Crippen LogP contribution in [0.25, 0.3) is 0 Å². The van der Waals surface area contributed by atoms with Crippen LogP contribution >= 0.6 is 23.2 Å². The van der Waals surface area contributed by atoms with E-state index in [0.717, 1.165) is 30.7 Å². The van der Waals surface area contributed by atoms with E-state index in [1.807, 2.05) is 41.4 Å². The van der Waals surface area contributed by atoms with Crippen molar-refractivity contribution >= 4 is 23.2 Å². The molecule has 6 heteroatoms. The molecule has 1 aromatic heterocycles. The zero-order chi connectivity index (χ0) is 21.4. The molecule has 0 saturated carbocycles. The van der Waals surface area contributed by atoms with Crippen LogP contribution in [0.15, 0.2) is 61.2 Å². The quantitative estimate of drug-likeness (QED) is 0.254. The van der Waals surface area contributed by atoms with Gasteiger partial charge in [-0.05, 0) is 48.2 Å². The third kappa shape index (κ3) is 5.93. The summed E-state index contributed by atoms with van der Waals surface area (Å²) in [5.74, 6) is 2.15. The van der Waals surface area contributed by atoms with E-state index in [9.17, 15) is 0 Å². The van der Waals surface area contributed by atoms with Crippen molar-refractivity contribution in [2.75, 3.05) is 19.1 Å². The largest absolute Gasteiger partial charge is 0.494 e. The minimum Gasteiger partial charge on any atom is -0.494 e. The number of nitrogens with zero attached hydrogens (tertiary/aromatic N) is 2. The Hall–Kier alpha value is -2.17. The topological polar surface area (TPSA) is 36.3 Å². The first-order valence-electron chi connectivity index (χ1n) is 10.2. The lowest BCUT2D eigenvalue weighted by Gasteiger charge is -2.27. The number of ether oxygens (including phenoxy) is 2. The average Bonchev–Trinajstić information content (AvgIpc) is 3.26.